The zero-order valence-electron chi connectivity index (χ0n) is 11.4. The van der Waals surface area contributed by atoms with Gasteiger partial charge in [0.2, 0.25) is 0 Å². The van der Waals surface area contributed by atoms with E-state index in [2.05, 4.69) is 0 Å². The summed E-state index contributed by atoms with van der Waals surface area (Å²) in [7, 11) is 1.65. The maximum absolute atomic E-state index is 11.7. The first-order valence-electron chi connectivity index (χ1n) is 6.33. The van der Waals surface area contributed by atoms with Gasteiger partial charge in [-0.3, -0.25) is 4.79 Å². The molecule has 0 saturated heterocycles. The summed E-state index contributed by atoms with van der Waals surface area (Å²) in [5.41, 5.74) is 1.17. The second kappa shape index (κ2) is 7.88. The minimum atomic E-state index is -0.144. The molecule has 2 unspecified atom stereocenters. The van der Waals surface area contributed by atoms with E-state index < -0.39 is 0 Å². The van der Waals surface area contributed by atoms with Crippen LogP contribution in [0.15, 0.2) is 30.3 Å². The molecule has 0 aliphatic carbocycles. The molecule has 18 heavy (non-hydrogen) atoms. The Bertz CT molecular complexity index is 348. The number of methoxy groups -OCH3 is 1. The van der Waals surface area contributed by atoms with Gasteiger partial charge in [-0.05, 0) is 11.5 Å². The second-order valence-corrected chi connectivity index (χ2v) is 4.76. The number of carbonyl (C=O) groups is 1. The van der Waals surface area contributed by atoms with E-state index in [4.69, 9.17) is 9.47 Å². The molecule has 0 aromatic heterocycles. The second-order valence-electron chi connectivity index (χ2n) is 4.76. The minimum absolute atomic E-state index is 0.144. The van der Waals surface area contributed by atoms with E-state index in [0.717, 1.165) is 0 Å². The molecule has 3 nitrogen and oxygen atoms in total. The maximum Gasteiger partial charge on any atom is 0.306 e. The molecule has 100 valence electrons. The zero-order valence-corrected chi connectivity index (χ0v) is 11.4. The molecule has 0 fully saturated rings. The van der Waals surface area contributed by atoms with Gasteiger partial charge in [0.05, 0.1) is 19.6 Å². The van der Waals surface area contributed by atoms with E-state index in [1.165, 1.54) is 5.56 Å². The van der Waals surface area contributed by atoms with E-state index >= 15 is 0 Å². The molecule has 1 aromatic carbocycles. The van der Waals surface area contributed by atoms with Crippen molar-refractivity contribution in [2.24, 2.45) is 5.92 Å². The summed E-state index contributed by atoms with van der Waals surface area (Å²) >= 11 is 0. The Morgan fingerprint density at radius 1 is 1.17 bits per heavy atom. The molecular weight excluding hydrogens is 228 g/mol. The van der Waals surface area contributed by atoms with Crippen LogP contribution in [-0.4, -0.2) is 26.3 Å². The highest BCUT2D eigenvalue weighted by Gasteiger charge is 2.13. The first-order chi connectivity index (χ1) is 8.63. The van der Waals surface area contributed by atoms with Crippen LogP contribution in [0.3, 0.4) is 0 Å². The summed E-state index contributed by atoms with van der Waals surface area (Å²) in [4.78, 5) is 11.7. The molecule has 0 amide bonds. The Morgan fingerprint density at radius 2 is 1.83 bits per heavy atom. The monoisotopic (exact) mass is 250 g/mol. The molecule has 1 rings (SSSR count). The van der Waals surface area contributed by atoms with Crippen molar-refractivity contribution in [3.63, 3.8) is 0 Å². The van der Waals surface area contributed by atoms with Crippen molar-refractivity contribution in [1.29, 1.82) is 0 Å². The van der Waals surface area contributed by atoms with Crippen LogP contribution >= 0.6 is 0 Å². The highest BCUT2D eigenvalue weighted by atomic mass is 16.5. The first-order valence-corrected chi connectivity index (χ1v) is 6.33. The minimum Gasteiger partial charge on any atom is -0.465 e. The lowest BCUT2D eigenvalue weighted by atomic mass is 9.98. The van der Waals surface area contributed by atoms with Crippen molar-refractivity contribution < 1.29 is 14.3 Å². The number of carbonyl (C=O) groups excluding carboxylic acids is 1. The normalized spacial score (nSPS) is 13.9. The van der Waals surface area contributed by atoms with Crippen molar-refractivity contribution in [3.8, 4) is 0 Å². The number of hydrogen-bond donors (Lipinski definition) is 0. The summed E-state index contributed by atoms with van der Waals surface area (Å²) in [6, 6.07) is 10.0. The number of ether oxygens (including phenoxy) is 2. The van der Waals surface area contributed by atoms with Crippen molar-refractivity contribution in [3.05, 3.63) is 35.9 Å². The van der Waals surface area contributed by atoms with Crippen LogP contribution in [0, 0.1) is 5.92 Å². The lowest BCUT2D eigenvalue weighted by Gasteiger charge is -2.14. The molecule has 0 heterocycles. The molecule has 2 atom stereocenters. The topological polar surface area (TPSA) is 35.5 Å². The van der Waals surface area contributed by atoms with Gasteiger partial charge < -0.3 is 9.47 Å². The number of benzene rings is 1. The molecule has 0 aliphatic heterocycles. The van der Waals surface area contributed by atoms with Gasteiger partial charge in [-0.15, -0.1) is 0 Å². The van der Waals surface area contributed by atoms with E-state index in [0.29, 0.717) is 19.6 Å². The third-order valence-electron chi connectivity index (χ3n) is 2.82. The highest BCUT2D eigenvalue weighted by Crippen LogP contribution is 2.18. The fourth-order valence-electron chi connectivity index (χ4n) is 1.78. The maximum atomic E-state index is 11.7. The average molecular weight is 250 g/mol. The standard InChI is InChI=1S/C15H22O3/c1-12(10-17-3)11-18-15(16)9-13(2)14-7-5-4-6-8-14/h4-8,12-13H,9-11H2,1-3H3. The molecule has 0 spiro atoms. The van der Waals surface area contributed by atoms with Crippen LogP contribution < -0.4 is 0 Å². The van der Waals surface area contributed by atoms with Gasteiger partial charge in [0.1, 0.15) is 0 Å². The largest absolute Gasteiger partial charge is 0.465 e. The van der Waals surface area contributed by atoms with Crippen LogP contribution in [0.4, 0.5) is 0 Å². The molecule has 0 bridgehead atoms. The molecule has 1 aromatic rings. The summed E-state index contributed by atoms with van der Waals surface area (Å²) in [6.07, 6.45) is 0.420. The molecular formula is C15H22O3. The van der Waals surface area contributed by atoms with Crippen molar-refractivity contribution in [2.75, 3.05) is 20.3 Å². The summed E-state index contributed by atoms with van der Waals surface area (Å²) in [5.74, 6) is 0.289. The van der Waals surface area contributed by atoms with Crippen molar-refractivity contribution in [2.45, 2.75) is 26.2 Å². The van der Waals surface area contributed by atoms with Crippen LogP contribution in [-0.2, 0) is 14.3 Å². The van der Waals surface area contributed by atoms with Gasteiger partial charge in [0.15, 0.2) is 0 Å². The zero-order chi connectivity index (χ0) is 13.4. The van der Waals surface area contributed by atoms with Crippen molar-refractivity contribution >= 4 is 5.97 Å². The van der Waals surface area contributed by atoms with Crippen LogP contribution in [0.25, 0.3) is 0 Å². The first kappa shape index (κ1) is 14.7. The summed E-state index contributed by atoms with van der Waals surface area (Å²) < 4.78 is 10.2. The summed E-state index contributed by atoms with van der Waals surface area (Å²) in [5, 5.41) is 0. The molecule has 0 aliphatic rings. The Labute approximate surface area is 109 Å². The predicted molar refractivity (Wildman–Crippen MR) is 71.5 cm³/mol. The fraction of sp³-hybridized carbons (Fsp3) is 0.533. The smallest absolute Gasteiger partial charge is 0.306 e. The van der Waals surface area contributed by atoms with Crippen molar-refractivity contribution in [1.82, 2.24) is 0 Å². The number of esters is 1. The van der Waals surface area contributed by atoms with E-state index in [1.807, 2.05) is 44.2 Å². The van der Waals surface area contributed by atoms with E-state index in [9.17, 15) is 4.79 Å². The van der Waals surface area contributed by atoms with Crippen LogP contribution in [0.2, 0.25) is 0 Å². The van der Waals surface area contributed by atoms with Gasteiger partial charge in [-0.2, -0.15) is 0 Å². The van der Waals surface area contributed by atoms with Crippen LogP contribution in [0.5, 0.6) is 0 Å². The SMILES string of the molecule is COCC(C)COC(=O)CC(C)c1ccccc1. The van der Waals surface area contributed by atoms with Gasteiger partial charge in [-0.25, -0.2) is 0 Å². The van der Waals surface area contributed by atoms with Gasteiger partial charge in [0, 0.05) is 13.0 Å². The molecule has 0 saturated carbocycles. The Hall–Kier alpha value is -1.35. The molecule has 3 heteroatoms. The van der Waals surface area contributed by atoms with E-state index in [-0.39, 0.29) is 17.8 Å². The highest BCUT2D eigenvalue weighted by molar-refractivity contribution is 5.70. The van der Waals surface area contributed by atoms with Gasteiger partial charge in [0.25, 0.3) is 0 Å². The predicted octanol–water partition coefficient (Wildman–Crippen LogP) is 3.01. The third-order valence-corrected chi connectivity index (χ3v) is 2.82. The number of hydrogen-bond acceptors (Lipinski definition) is 3. The molecule has 0 N–H and O–H groups in total. The van der Waals surface area contributed by atoms with Gasteiger partial charge in [-0.1, -0.05) is 44.2 Å². The fourth-order valence-corrected chi connectivity index (χ4v) is 1.78. The Kier molecular flexibility index (Phi) is 6.44. The lowest BCUT2D eigenvalue weighted by Crippen LogP contribution is -2.16. The Morgan fingerprint density at radius 3 is 2.44 bits per heavy atom. The van der Waals surface area contributed by atoms with Crippen LogP contribution in [0.1, 0.15) is 31.7 Å². The third kappa shape index (κ3) is 5.32. The average Bonchev–Trinajstić information content (AvgIpc) is 2.38. The quantitative estimate of drug-likeness (QED) is 0.698. The van der Waals surface area contributed by atoms with E-state index in [1.54, 1.807) is 7.11 Å². The Balaban J connectivity index is 2.32. The summed E-state index contributed by atoms with van der Waals surface area (Å²) in [6.45, 7) is 5.07. The molecule has 0 radical (unpaired) electrons. The number of rotatable bonds is 7. The lowest BCUT2D eigenvalue weighted by molar-refractivity contribution is -0.145. The van der Waals surface area contributed by atoms with Gasteiger partial charge >= 0.3 is 5.97 Å².